The van der Waals surface area contributed by atoms with E-state index < -0.39 is 5.97 Å². The van der Waals surface area contributed by atoms with Crippen molar-refractivity contribution in [3.63, 3.8) is 0 Å². The van der Waals surface area contributed by atoms with Gasteiger partial charge in [-0.25, -0.2) is 4.79 Å². The molecule has 0 aliphatic rings. The number of hydrogen-bond donors (Lipinski definition) is 2. The zero-order valence-electron chi connectivity index (χ0n) is 13.8. The molecule has 7 nitrogen and oxygen atoms in total. The molecule has 0 spiro atoms. The summed E-state index contributed by atoms with van der Waals surface area (Å²) in [5, 5.41) is 26.4. The Labute approximate surface area is 149 Å². The molecule has 0 saturated carbocycles. The van der Waals surface area contributed by atoms with Crippen molar-refractivity contribution in [3.05, 3.63) is 47.8 Å². The van der Waals surface area contributed by atoms with Gasteiger partial charge in [0.15, 0.2) is 0 Å². The van der Waals surface area contributed by atoms with E-state index in [9.17, 15) is 4.79 Å². The van der Waals surface area contributed by atoms with Crippen molar-refractivity contribution >= 4 is 22.4 Å². The van der Waals surface area contributed by atoms with Crippen LogP contribution in [0.3, 0.4) is 0 Å². The molecule has 0 amide bonds. The van der Waals surface area contributed by atoms with Crippen LogP contribution in [-0.4, -0.2) is 37.6 Å². The highest BCUT2D eigenvalue weighted by Crippen LogP contribution is 2.26. The lowest BCUT2D eigenvalue weighted by Crippen LogP contribution is -2.00. The molecule has 0 aliphatic carbocycles. The van der Waals surface area contributed by atoms with Gasteiger partial charge in [-0.15, -0.1) is 10.2 Å². The summed E-state index contributed by atoms with van der Waals surface area (Å²) >= 11 is 1.54. The summed E-state index contributed by atoms with van der Waals surface area (Å²) in [7, 11) is 0. The van der Waals surface area contributed by atoms with E-state index in [0.29, 0.717) is 6.54 Å². The molecule has 3 rings (SSSR count). The molecule has 25 heavy (non-hydrogen) atoms. The molecular formula is C17H19N5O2S. The number of aromatic carboxylic acids is 1. The number of nitrogens with one attached hydrogen (secondary N) is 1. The minimum Gasteiger partial charge on any atom is -0.478 e. The number of aromatic nitrogens is 4. The molecular weight excluding hydrogens is 338 g/mol. The first kappa shape index (κ1) is 17.1. The standard InChI is InChI=1S/C17H19N5O2S/c1-2-3-8-18-17-21-20-15(25-17)13-6-4-12(5-7-13)10-22-11-14(9-19-22)16(23)24/h4-7,9,11H,2-3,8,10H2,1H3,(H,18,21)(H,23,24). The van der Waals surface area contributed by atoms with Crippen molar-refractivity contribution in [2.45, 2.75) is 26.3 Å². The summed E-state index contributed by atoms with van der Waals surface area (Å²) in [6.45, 7) is 3.58. The molecule has 0 bridgehead atoms. The fourth-order valence-corrected chi connectivity index (χ4v) is 3.06. The molecule has 0 radical (unpaired) electrons. The van der Waals surface area contributed by atoms with Crippen LogP contribution in [0.2, 0.25) is 0 Å². The van der Waals surface area contributed by atoms with Gasteiger partial charge in [-0.3, -0.25) is 4.68 Å². The van der Waals surface area contributed by atoms with E-state index >= 15 is 0 Å². The van der Waals surface area contributed by atoms with Crippen molar-refractivity contribution in [2.75, 3.05) is 11.9 Å². The van der Waals surface area contributed by atoms with Crippen molar-refractivity contribution in [1.29, 1.82) is 0 Å². The number of anilines is 1. The van der Waals surface area contributed by atoms with E-state index in [1.807, 2.05) is 24.3 Å². The Morgan fingerprint density at radius 2 is 2.08 bits per heavy atom. The number of carbonyl (C=O) groups is 1. The minimum absolute atomic E-state index is 0.189. The number of unbranched alkanes of at least 4 members (excludes halogenated alkanes) is 1. The first-order valence-corrected chi connectivity index (χ1v) is 8.90. The molecule has 0 fully saturated rings. The number of nitrogens with zero attached hydrogens (tertiary/aromatic N) is 4. The van der Waals surface area contributed by atoms with Gasteiger partial charge in [0.05, 0.1) is 18.3 Å². The lowest BCUT2D eigenvalue weighted by atomic mass is 10.1. The first-order valence-electron chi connectivity index (χ1n) is 8.08. The predicted molar refractivity (Wildman–Crippen MR) is 97.0 cm³/mol. The highest BCUT2D eigenvalue weighted by atomic mass is 32.1. The zero-order chi connectivity index (χ0) is 17.6. The number of carboxylic acids is 1. The summed E-state index contributed by atoms with van der Waals surface area (Å²) in [6, 6.07) is 7.96. The van der Waals surface area contributed by atoms with Gasteiger partial charge < -0.3 is 10.4 Å². The van der Waals surface area contributed by atoms with Gasteiger partial charge in [0, 0.05) is 18.3 Å². The van der Waals surface area contributed by atoms with Crippen LogP contribution in [0.5, 0.6) is 0 Å². The lowest BCUT2D eigenvalue weighted by molar-refractivity contribution is 0.0697. The Morgan fingerprint density at radius 3 is 2.76 bits per heavy atom. The molecule has 1 aromatic carbocycles. The highest BCUT2D eigenvalue weighted by Gasteiger charge is 2.08. The van der Waals surface area contributed by atoms with E-state index in [1.54, 1.807) is 4.68 Å². The molecule has 0 atom stereocenters. The molecule has 0 aliphatic heterocycles. The van der Waals surface area contributed by atoms with Gasteiger partial charge in [-0.05, 0) is 12.0 Å². The van der Waals surface area contributed by atoms with E-state index in [2.05, 4.69) is 27.5 Å². The Hall–Kier alpha value is -2.74. The van der Waals surface area contributed by atoms with Crippen LogP contribution in [0.4, 0.5) is 5.13 Å². The van der Waals surface area contributed by atoms with Gasteiger partial charge in [0.2, 0.25) is 5.13 Å². The van der Waals surface area contributed by atoms with Gasteiger partial charge in [-0.2, -0.15) is 5.10 Å². The Morgan fingerprint density at radius 1 is 1.28 bits per heavy atom. The third-order valence-electron chi connectivity index (χ3n) is 3.66. The molecule has 2 heterocycles. The van der Waals surface area contributed by atoms with Crippen LogP contribution in [0.15, 0.2) is 36.7 Å². The van der Waals surface area contributed by atoms with Crippen LogP contribution >= 0.6 is 11.3 Å². The zero-order valence-corrected chi connectivity index (χ0v) is 14.7. The Kier molecular flexibility index (Phi) is 5.39. The summed E-state index contributed by atoms with van der Waals surface area (Å²) in [5.74, 6) is -0.971. The second-order valence-corrected chi connectivity index (χ2v) is 6.60. The molecule has 130 valence electrons. The predicted octanol–water partition coefficient (Wildman–Crippen LogP) is 3.36. The average molecular weight is 357 g/mol. The van der Waals surface area contributed by atoms with Crippen LogP contribution in [0.25, 0.3) is 10.6 Å². The number of carboxylic acid groups (broad SMARTS) is 1. The van der Waals surface area contributed by atoms with E-state index in [1.165, 1.54) is 23.7 Å². The van der Waals surface area contributed by atoms with Gasteiger partial charge in [0.1, 0.15) is 5.01 Å². The van der Waals surface area contributed by atoms with Gasteiger partial charge in [0.25, 0.3) is 0 Å². The summed E-state index contributed by atoms with van der Waals surface area (Å²) < 4.78 is 1.61. The summed E-state index contributed by atoms with van der Waals surface area (Å²) in [6.07, 6.45) is 5.13. The maximum absolute atomic E-state index is 10.9. The third kappa shape index (κ3) is 4.42. The van der Waals surface area contributed by atoms with Crippen molar-refractivity contribution in [1.82, 2.24) is 20.0 Å². The van der Waals surface area contributed by atoms with Crippen LogP contribution < -0.4 is 5.32 Å². The van der Waals surface area contributed by atoms with E-state index in [0.717, 1.165) is 40.7 Å². The number of benzene rings is 1. The van der Waals surface area contributed by atoms with Gasteiger partial charge in [-0.1, -0.05) is 48.9 Å². The van der Waals surface area contributed by atoms with Crippen LogP contribution in [0, 0.1) is 0 Å². The normalized spacial score (nSPS) is 10.8. The fourth-order valence-electron chi connectivity index (χ4n) is 2.28. The van der Waals surface area contributed by atoms with Crippen LogP contribution in [0.1, 0.15) is 35.7 Å². The van der Waals surface area contributed by atoms with Crippen molar-refractivity contribution in [3.8, 4) is 10.6 Å². The van der Waals surface area contributed by atoms with E-state index in [-0.39, 0.29) is 5.56 Å². The molecule has 3 aromatic rings. The molecule has 2 N–H and O–H groups in total. The van der Waals surface area contributed by atoms with Crippen molar-refractivity contribution < 1.29 is 9.90 Å². The van der Waals surface area contributed by atoms with Crippen molar-refractivity contribution in [2.24, 2.45) is 0 Å². The smallest absolute Gasteiger partial charge is 0.338 e. The maximum Gasteiger partial charge on any atom is 0.338 e. The highest BCUT2D eigenvalue weighted by molar-refractivity contribution is 7.18. The largest absolute Gasteiger partial charge is 0.478 e. The van der Waals surface area contributed by atoms with Gasteiger partial charge >= 0.3 is 5.97 Å². The average Bonchev–Trinajstić information content (AvgIpc) is 3.26. The number of rotatable bonds is 8. The number of hydrogen-bond acceptors (Lipinski definition) is 6. The van der Waals surface area contributed by atoms with E-state index in [4.69, 9.17) is 5.11 Å². The molecule has 8 heteroatoms. The maximum atomic E-state index is 10.9. The molecule has 2 aromatic heterocycles. The monoisotopic (exact) mass is 357 g/mol. The lowest BCUT2D eigenvalue weighted by Gasteiger charge is -2.03. The first-order chi connectivity index (χ1) is 12.2. The summed E-state index contributed by atoms with van der Waals surface area (Å²) in [4.78, 5) is 10.9. The topological polar surface area (TPSA) is 92.9 Å². The third-order valence-corrected chi connectivity index (χ3v) is 4.59. The SMILES string of the molecule is CCCCNc1nnc(-c2ccc(Cn3cc(C(=O)O)cn3)cc2)s1. The Bertz CT molecular complexity index is 841. The second-order valence-electron chi connectivity index (χ2n) is 5.62. The quantitative estimate of drug-likeness (QED) is 0.601. The molecule has 0 unspecified atom stereocenters. The fraction of sp³-hybridized carbons (Fsp3) is 0.294. The summed E-state index contributed by atoms with van der Waals surface area (Å²) in [5.41, 5.74) is 2.24. The minimum atomic E-state index is -0.971. The Balaban J connectivity index is 1.64. The van der Waals surface area contributed by atoms with Crippen LogP contribution in [-0.2, 0) is 6.54 Å². The second kappa shape index (κ2) is 7.89. The molecule has 0 saturated heterocycles.